The van der Waals surface area contributed by atoms with Crippen LogP contribution in [0, 0.1) is 13.8 Å². The van der Waals surface area contributed by atoms with E-state index in [-0.39, 0.29) is 23.6 Å². The van der Waals surface area contributed by atoms with Crippen molar-refractivity contribution in [1.29, 1.82) is 0 Å². The van der Waals surface area contributed by atoms with Gasteiger partial charge in [-0.25, -0.2) is 0 Å². The molecule has 1 saturated heterocycles. The molecule has 150 valence electrons. The first-order valence-electron chi connectivity index (χ1n) is 10.1. The van der Waals surface area contributed by atoms with Gasteiger partial charge < -0.3 is 14.8 Å². The summed E-state index contributed by atoms with van der Waals surface area (Å²) in [6, 6.07) is 10.1. The van der Waals surface area contributed by atoms with Gasteiger partial charge in [0.25, 0.3) is 0 Å². The molecule has 2 aromatic rings. The van der Waals surface area contributed by atoms with Crippen LogP contribution < -0.4 is 10.1 Å². The molecule has 28 heavy (non-hydrogen) atoms. The lowest BCUT2D eigenvalue weighted by molar-refractivity contribution is -0.123. The van der Waals surface area contributed by atoms with E-state index in [0.717, 1.165) is 42.0 Å². The van der Waals surface area contributed by atoms with Crippen molar-refractivity contribution in [2.24, 2.45) is 0 Å². The molecule has 1 amide bonds. The summed E-state index contributed by atoms with van der Waals surface area (Å²) in [6.07, 6.45) is 2.90. The summed E-state index contributed by atoms with van der Waals surface area (Å²) < 4.78 is 13.9. The van der Waals surface area contributed by atoms with Crippen LogP contribution in [0.5, 0.6) is 5.75 Å². The zero-order chi connectivity index (χ0) is 19.7. The van der Waals surface area contributed by atoms with Crippen LogP contribution in [0.15, 0.2) is 30.3 Å². The molecule has 3 heterocycles. The van der Waals surface area contributed by atoms with Gasteiger partial charge in [0.2, 0.25) is 5.91 Å². The predicted molar refractivity (Wildman–Crippen MR) is 106 cm³/mol. The number of carbonyl (C=O) groups excluding carboxylic acids is 1. The average molecular weight is 383 g/mol. The topological polar surface area (TPSA) is 65.4 Å². The van der Waals surface area contributed by atoms with Gasteiger partial charge in [0, 0.05) is 36.9 Å². The maximum atomic E-state index is 12.9. The number of hydrogen-bond acceptors (Lipinski definition) is 4. The van der Waals surface area contributed by atoms with Crippen LogP contribution in [0.4, 0.5) is 0 Å². The molecule has 2 aliphatic rings. The Labute approximate surface area is 166 Å². The monoisotopic (exact) mass is 383 g/mol. The molecule has 0 aliphatic carbocycles. The summed E-state index contributed by atoms with van der Waals surface area (Å²) >= 11 is 0. The van der Waals surface area contributed by atoms with Crippen LogP contribution in [0.3, 0.4) is 0 Å². The second kappa shape index (κ2) is 7.59. The van der Waals surface area contributed by atoms with Crippen molar-refractivity contribution in [3.8, 4) is 5.75 Å². The molecule has 2 atom stereocenters. The summed E-state index contributed by atoms with van der Waals surface area (Å²) in [6.45, 7) is 7.45. The number of nitrogens with zero attached hydrogens (tertiary/aromatic N) is 2. The van der Waals surface area contributed by atoms with E-state index in [1.165, 1.54) is 0 Å². The summed E-state index contributed by atoms with van der Waals surface area (Å²) in [4.78, 5) is 12.9. The molecule has 1 aromatic heterocycles. The van der Waals surface area contributed by atoms with Crippen molar-refractivity contribution < 1.29 is 14.3 Å². The van der Waals surface area contributed by atoms with Gasteiger partial charge in [0.05, 0.1) is 31.0 Å². The van der Waals surface area contributed by atoms with Gasteiger partial charge in [0.1, 0.15) is 11.4 Å². The van der Waals surface area contributed by atoms with E-state index < -0.39 is 0 Å². The second-order valence-corrected chi connectivity index (χ2v) is 8.18. The lowest BCUT2D eigenvalue weighted by Crippen LogP contribution is -2.48. The number of benzene rings is 1. The fourth-order valence-corrected chi connectivity index (χ4v) is 4.50. The summed E-state index contributed by atoms with van der Waals surface area (Å²) in [5.41, 5.74) is 2.87. The Morgan fingerprint density at radius 3 is 2.79 bits per heavy atom. The van der Waals surface area contributed by atoms with E-state index in [9.17, 15) is 4.79 Å². The van der Waals surface area contributed by atoms with Gasteiger partial charge >= 0.3 is 0 Å². The van der Waals surface area contributed by atoms with Crippen molar-refractivity contribution in [2.45, 2.75) is 64.1 Å². The molecule has 0 bridgehead atoms. The summed E-state index contributed by atoms with van der Waals surface area (Å²) in [5, 5.41) is 7.79. The normalized spacial score (nSPS) is 21.6. The Hall–Kier alpha value is -2.34. The van der Waals surface area contributed by atoms with Crippen LogP contribution >= 0.6 is 0 Å². The minimum Gasteiger partial charge on any atom is -0.487 e. The van der Waals surface area contributed by atoms with E-state index in [2.05, 4.69) is 16.5 Å². The second-order valence-electron chi connectivity index (χ2n) is 8.18. The van der Waals surface area contributed by atoms with Crippen LogP contribution in [0.25, 0.3) is 0 Å². The number of nitrogens with one attached hydrogen (secondary N) is 1. The standard InChI is InChI=1S/C22H29N3O3/c1-15-12-16(2)25(24-15)17(3)13-21(26)23-19-14-22(8-10-27-11-9-22)28-20-7-5-4-6-18(19)20/h4-7,12,17,19H,8-11,13-14H2,1-3H3,(H,23,26)/t17-,19-/m0/s1. The number of aromatic nitrogens is 2. The number of aryl methyl sites for hydroxylation is 2. The van der Waals surface area contributed by atoms with Crippen LogP contribution in [0.1, 0.15) is 61.6 Å². The smallest absolute Gasteiger partial charge is 0.222 e. The van der Waals surface area contributed by atoms with Gasteiger partial charge in [-0.1, -0.05) is 18.2 Å². The maximum Gasteiger partial charge on any atom is 0.222 e. The molecule has 1 aromatic carbocycles. The third-order valence-corrected chi connectivity index (χ3v) is 5.88. The van der Waals surface area contributed by atoms with Gasteiger partial charge in [-0.2, -0.15) is 5.10 Å². The zero-order valence-corrected chi connectivity index (χ0v) is 16.9. The lowest BCUT2D eigenvalue weighted by atomic mass is 9.82. The molecule has 6 nitrogen and oxygen atoms in total. The van der Waals surface area contributed by atoms with Crippen LogP contribution in [-0.4, -0.2) is 34.5 Å². The molecule has 1 fully saturated rings. The molecule has 1 spiro atoms. The molecule has 6 heteroatoms. The number of amides is 1. The maximum absolute atomic E-state index is 12.9. The molecular weight excluding hydrogens is 354 g/mol. The first-order valence-corrected chi connectivity index (χ1v) is 10.1. The highest BCUT2D eigenvalue weighted by atomic mass is 16.5. The SMILES string of the molecule is Cc1cc(C)n([C@@H](C)CC(=O)N[C@H]2CC3(CCOCC3)Oc3ccccc32)n1. The molecule has 0 unspecified atom stereocenters. The third-order valence-electron chi connectivity index (χ3n) is 5.88. The van der Waals surface area contributed by atoms with Gasteiger partial charge in [-0.05, 0) is 32.9 Å². The molecule has 1 N–H and O–H groups in total. The molecular formula is C22H29N3O3. The highest BCUT2D eigenvalue weighted by molar-refractivity contribution is 5.77. The Bertz CT molecular complexity index is 854. The summed E-state index contributed by atoms with van der Waals surface area (Å²) in [7, 11) is 0. The fourth-order valence-electron chi connectivity index (χ4n) is 4.50. The summed E-state index contributed by atoms with van der Waals surface area (Å²) in [5.74, 6) is 0.927. The number of para-hydroxylation sites is 1. The first-order chi connectivity index (χ1) is 13.5. The first kappa shape index (κ1) is 19.0. The van der Waals surface area contributed by atoms with E-state index >= 15 is 0 Å². The predicted octanol–water partition coefficient (Wildman–Crippen LogP) is 3.64. The van der Waals surface area contributed by atoms with Crippen LogP contribution in [-0.2, 0) is 9.53 Å². The molecule has 0 saturated carbocycles. The minimum atomic E-state index is -0.244. The molecule has 4 rings (SSSR count). The van der Waals surface area contributed by atoms with Crippen molar-refractivity contribution in [3.63, 3.8) is 0 Å². The van der Waals surface area contributed by atoms with Crippen molar-refractivity contribution in [3.05, 3.63) is 47.3 Å². The van der Waals surface area contributed by atoms with E-state index in [1.807, 2.05) is 49.7 Å². The zero-order valence-electron chi connectivity index (χ0n) is 16.9. The fraction of sp³-hybridized carbons (Fsp3) is 0.545. The Morgan fingerprint density at radius 2 is 2.07 bits per heavy atom. The van der Waals surface area contributed by atoms with Crippen molar-refractivity contribution in [2.75, 3.05) is 13.2 Å². The van der Waals surface area contributed by atoms with Gasteiger partial charge in [-0.3, -0.25) is 9.48 Å². The van der Waals surface area contributed by atoms with Crippen LogP contribution in [0.2, 0.25) is 0 Å². The molecule has 2 aliphatic heterocycles. The number of ether oxygens (including phenoxy) is 2. The average Bonchev–Trinajstić information content (AvgIpc) is 3.00. The highest BCUT2D eigenvalue weighted by Gasteiger charge is 2.42. The van der Waals surface area contributed by atoms with Gasteiger partial charge in [0.15, 0.2) is 0 Å². The van der Waals surface area contributed by atoms with Gasteiger partial charge in [-0.15, -0.1) is 0 Å². The van der Waals surface area contributed by atoms with Crippen molar-refractivity contribution >= 4 is 5.91 Å². The van der Waals surface area contributed by atoms with E-state index in [4.69, 9.17) is 9.47 Å². The third kappa shape index (κ3) is 3.78. The quantitative estimate of drug-likeness (QED) is 0.875. The Kier molecular flexibility index (Phi) is 5.15. The minimum absolute atomic E-state index is 0.0147. The van der Waals surface area contributed by atoms with E-state index in [0.29, 0.717) is 19.6 Å². The lowest BCUT2D eigenvalue weighted by Gasteiger charge is -2.44. The number of carbonyl (C=O) groups is 1. The van der Waals surface area contributed by atoms with Crippen molar-refractivity contribution in [1.82, 2.24) is 15.1 Å². The van der Waals surface area contributed by atoms with E-state index in [1.54, 1.807) is 0 Å². The molecule has 0 radical (unpaired) electrons. The largest absolute Gasteiger partial charge is 0.487 e. The Balaban J connectivity index is 1.49. The number of rotatable bonds is 4. The highest BCUT2D eigenvalue weighted by Crippen LogP contribution is 2.43. The number of fused-ring (bicyclic) bond motifs is 1. The number of hydrogen-bond donors (Lipinski definition) is 1. The Morgan fingerprint density at radius 1 is 1.32 bits per heavy atom.